The van der Waals surface area contributed by atoms with E-state index in [0.717, 1.165) is 22.3 Å². The van der Waals surface area contributed by atoms with Crippen LogP contribution in [0.5, 0.6) is 0 Å². The molecule has 0 bridgehead atoms. The largest absolute Gasteiger partial charge is 0.361 e. The molecule has 4 nitrogen and oxygen atoms in total. The Morgan fingerprint density at radius 3 is 2.71 bits per heavy atom. The van der Waals surface area contributed by atoms with Gasteiger partial charge < -0.3 is 14.9 Å². The van der Waals surface area contributed by atoms with Crippen LogP contribution in [0.1, 0.15) is 10.4 Å². The molecule has 0 atom stereocenters. The highest BCUT2D eigenvalue weighted by molar-refractivity contribution is 6.34. The molecule has 0 aliphatic heterocycles. The van der Waals surface area contributed by atoms with E-state index in [1.54, 1.807) is 12.1 Å². The summed E-state index contributed by atoms with van der Waals surface area (Å²) < 4.78 is 1.93. The van der Waals surface area contributed by atoms with Crippen molar-refractivity contribution in [1.29, 1.82) is 0 Å². The maximum absolute atomic E-state index is 12.6. The Morgan fingerprint density at radius 1 is 1.04 bits per heavy atom. The van der Waals surface area contributed by atoms with Crippen molar-refractivity contribution >= 4 is 34.1 Å². The number of nitrogens with one attached hydrogen (secondary N) is 2. The number of amides is 1. The number of hydrogen-bond donors (Lipinski definition) is 2. The highest BCUT2D eigenvalue weighted by Gasteiger charge is 2.12. The SMILES string of the molecule is O=C(Nc1ccc2cc[nH]c2c1)c1cc(-n2cccc2)ccc1Cl. The lowest BCUT2D eigenvalue weighted by atomic mass is 10.1. The van der Waals surface area contributed by atoms with Gasteiger partial charge in [0.1, 0.15) is 0 Å². The number of halogens is 1. The van der Waals surface area contributed by atoms with E-state index in [9.17, 15) is 4.79 Å². The van der Waals surface area contributed by atoms with Crippen molar-refractivity contribution in [2.75, 3.05) is 5.32 Å². The fourth-order valence-electron chi connectivity index (χ4n) is 2.68. The van der Waals surface area contributed by atoms with E-state index in [0.29, 0.717) is 10.6 Å². The molecule has 4 rings (SSSR count). The second-order valence-corrected chi connectivity index (χ2v) is 5.90. The molecular weight excluding hydrogens is 322 g/mol. The van der Waals surface area contributed by atoms with Gasteiger partial charge in [0.05, 0.1) is 10.6 Å². The highest BCUT2D eigenvalue weighted by Crippen LogP contribution is 2.23. The van der Waals surface area contributed by atoms with Crippen molar-refractivity contribution in [3.8, 4) is 5.69 Å². The fourth-order valence-corrected chi connectivity index (χ4v) is 2.88. The Bertz CT molecular complexity index is 1020. The maximum atomic E-state index is 12.6. The number of benzene rings is 2. The number of fused-ring (bicyclic) bond motifs is 1. The Hall–Kier alpha value is -2.98. The van der Waals surface area contributed by atoms with Gasteiger partial charge in [0.2, 0.25) is 0 Å². The predicted molar refractivity (Wildman–Crippen MR) is 97.0 cm³/mol. The molecule has 5 heteroatoms. The molecule has 24 heavy (non-hydrogen) atoms. The number of aromatic nitrogens is 2. The van der Waals surface area contributed by atoms with Crippen LogP contribution in [0.15, 0.2) is 73.2 Å². The van der Waals surface area contributed by atoms with Crippen molar-refractivity contribution in [1.82, 2.24) is 9.55 Å². The molecule has 2 heterocycles. The van der Waals surface area contributed by atoms with Crippen molar-refractivity contribution in [2.45, 2.75) is 0 Å². The number of H-pyrrole nitrogens is 1. The van der Waals surface area contributed by atoms with E-state index < -0.39 is 0 Å². The third kappa shape index (κ3) is 2.68. The van der Waals surface area contributed by atoms with E-state index >= 15 is 0 Å². The molecule has 0 unspecified atom stereocenters. The Balaban J connectivity index is 1.65. The summed E-state index contributed by atoms with van der Waals surface area (Å²) in [6.45, 7) is 0. The van der Waals surface area contributed by atoms with Crippen molar-refractivity contribution in [2.24, 2.45) is 0 Å². The average Bonchev–Trinajstić information content (AvgIpc) is 3.26. The van der Waals surface area contributed by atoms with Crippen molar-refractivity contribution < 1.29 is 4.79 Å². The Kier molecular flexibility index (Phi) is 3.59. The molecule has 0 aliphatic rings. The standard InChI is InChI=1S/C19H14ClN3O/c20-17-6-5-15(23-9-1-2-10-23)12-16(17)19(24)22-14-4-3-13-7-8-21-18(13)11-14/h1-12,21H,(H,22,24). The topological polar surface area (TPSA) is 49.8 Å². The van der Waals surface area contributed by atoms with Gasteiger partial charge in [0.25, 0.3) is 5.91 Å². The number of nitrogens with zero attached hydrogens (tertiary/aromatic N) is 1. The molecule has 2 aromatic carbocycles. The first-order valence-electron chi connectivity index (χ1n) is 7.52. The summed E-state index contributed by atoms with van der Waals surface area (Å²) in [5.74, 6) is -0.236. The van der Waals surface area contributed by atoms with Gasteiger partial charge in [0, 0.05) is 35.5 Å². The molecule has 118 valence electrons. The van der Waals surface area contributed by atoms with Gasteiger partial charge in [0.15, 0.2) is 0 Å². The summed E-state index contributed by atoms with van der Waals surface area (Å²) in [6, 6.07) is 17.0. The zero-order valence-corrected chi connectivity index (χ0v) is 13.4. The van der Waals surface area contributed by atoms with Crippen LogP contribution in [0.25, 0.3) is 16.6 Å². The number of hydrogen-bond acceptors (Lipinski definition) is 1. The van der Waals surface area contributed by atoms with Gasteiger partial charge >= 0.3 is 0 Å². The van der Waals surface area contributed by atoms with Crippen LogP contribution in [0.4, 0.5) is 5.69 Å². The number of carbonyl (C=O) groups excluding carboxylic acids is 1. The maximum Gasteiger partial charge on any atom is 0.257 e. The second kappa shape index (κ2) is 5.91. The second-order valence-electron chi connectivity index (χ2n) is 5.49. The molecule has 1 amide bonds. The normalized spacial score (nSPS) is 10.9. The minimum absolute atomic E-state index is 0.236. The lowest BCUT2D eigenvalue weighted by molar-refractivity contribution is 0.102. The molecule has 0 radical (unpaired) electrons. The summed E-state index contributed by atoms with van der Waals surface area (Å²) in [7, 11) is 0. The lowest BCUT2D eigenvalue weighted by Crippen LogP contribution is -2.13. The third-order valence-electron chi connectivity index (χ3n) is 3.91. The van der Waals surface area contributed by atoms with E-state index in [2.05, 4.69) is 10.3 Å². The quantitative estimate of drug-likeness (QED) is 0.551. The summed E-state index contributed by atoms with van der Waals surface area (Å²) in [5.41, 5.74) is 3.01. The van der Waals surface area contributed by atoms with Gasteiger partial charge in [-0.3, -0.25) is 4.79 Å². The van der Waals surface area contributed by atoms with E-state index in [1.807, 2.05) is 65.6 Å². The lowest BCUT2D eigenvalue weighted by Gasteiger charge is -2.10. The first-order chi connectivity index (χ1) is 11.7. The van der Waals surface area contributed by atoms with Crippen molar-refractivity contribution in [3.05, 3.63) is 83.8 Å². The third-order valence-corrected chi connectivity index (χ3v) is 4.24. The van der Waals surface area contributed by atoms with Crippen molar-refractivity contribution in [3.63, 3.8) is 0 Å². The van der Waals surface area contributed by atoms with Crippen LogP contribution < -0.4 is 5.32 Å². The number of rotatable bonds is 3. The zero-order chi connectivity index (χ0) is 16.5. The van der Waals surface area contributed by atoms with Gasteiger partial charge in [-0.25, -0.2) is 0 Å². The summed E-state index contributed by atoms with van der Waals surface area (Å²) in [5, 5.41) is 4.42. The average molecular weight is 336 g/mol. The smallest absolute Gasteiger partial charge is 0.257 e. The number of aromatic amines is 1. The molecule has 0 saturated heterocycles. The monoisotopic (exact) mass is 335 g/mol. The van der Waals surface area contributed by atoms with Crippen LogP contribution >= 0.6 is 11.6 Å². The van der Waals surface area contributed by atoms with Crippen LogP contribution in [-0.2, 0) is 0 Å². The van der Waals surface area contributed by atoms with E-state index in [1.165, 1.54) is 0 Å². The summed E-state index contributed by atoms with van der Waals surface area (Å²) >= 11 is 6.22. The minimum atomic E-state index is -0.236. The van der Waals surface area contributed by atoms with Gasteiger partial charge in [-0.05, 0) is 53.9 Å². The zero-order valence-electron chi connectivity index (χ0n) is 12.7. The molecule has 4 aromatic rings. The van der Waals surface area contributed by atoms with Crippen LogP contribution in [-0.4, -0.2) is 15.5 Å². The van der Waals surface area contributed by atoms with Crippen LogP contribution in [0, 0.1) is 0 Å². The molecule has 0 fully saturated rings. The predicted octanol–water partition coefficient (Wildman–Crippen LogP) is 4.86. The van der Waals surface area contributed by atoms with Crippen LogP contribution in [0.2, 0.25) is 5.02 Å². The van der Waals surface area contributed by atoms with Gasteiger partial charge in [-0.2, -0.15) is 0 Å². The first-order valence-corrected chi connectivity index (χ1v) is 7.90. The molecule has 0 spiro atoms. The first kappa shape index (κ1) is 14.6. The number of carbonyl (C=O) groups is 1. The van der Waals surface area contributed by atoms with Gasteiger partial charge in [-0.1, -0.05) is 17.7 Å². The molecular formula is C19H14ClN3O. The van der Waals surface area contributed by atoms with Crippen LogP contribution in [0.3, 0.4) is 0 Å². The minimum Gasteiger partial charge on any atom is -0.361 e. The number of anilines is 1. The Labute approximate surface area is 143 Å². The molecule has 0 aliphatic carbocycles. The molecule has 2 aromatic heterocycles. The summed E-state index contributed by atoms with van der Waals surface area (Å²) in [4.78, 5) is 15.7. The van der Waals surface area contributed by atoms with Gasteiger partial charge in [-0.15, -0.1) is 0 Å². The summed E-state index contributed by atoms with van der Waals surface area (Å²) in [6.07, 6.45) is 5.71. The highest BCUT2D eigenvalue weighted by atomic mass is 35.5. The van der Waals surface area contributed by atoms with E-state index in [4.69, 9.17) is 11.6 Å². The Morgan fingerprint density at radius 2 is 1.88 bits per heavy atom. The molecule has 2 N–H and O–H groups in total. The molecule has 0 saturated carbocycles. The fraction of sp³-hybridized carbons (Fsp3) is 0. The van der Waals surface area contributed by atoms with E-state index in [-0.39, 0.29) is 5.91 Å².